The molecular formula is C12H19N5. The van der Waals surface area contributed by atoms with Crippen molar-refractivity contribution in [3.63, 3.8) is 0 Å². The lowest BCUT2D eigenvalue weighted by Gasteiger charge is -2.20. The second kappa shape index (κ2) is 4.14. The third kappa shape index (κ3) is 1.95. The lowest BCUT2D eigenvalue weighted by Crippen LogP contribution is -2.26. The molecule has 0 bridgehead atoms. The fourth-order valence-corrected chi connectivity index (χ4v) is 2.80. The molecule has 1 aromatic rings. The zero-order valence-electron chi connectivity index (χ0n) is 10.4. The van der Waals surface area contributed by atoms with E-state index >= 15 is 0 Å². The maximum atomic E-state index is 4.40. The van der Waals surface area contributed by atoms with Crippen LogP contribution in [0.15, 0.2) is 12.4 Å². The first-order chi connectivity index (χ1) is 8.24. The Morgan fingerprint density at radius 3 is 2.59 bits per heavy atom. The Morgan fingerprint density at radius 2 is 1.94 bits per heavy atom. The number of nitrogens with one attached hydrogen (secondary N) is 1. The van der Waals surface area contributed by atoms with Crippen LogP contribution in [-0.4, -0.2) is 50.2 Å². The molecule has 0 saturated carbocycles. The first-order valence-electron chi connectivity index (χ1n) is 6.19. The Hall–Kier alpha value is -1.36. The fourth-order valence-electron chi connectivity index (χ4n) is 2.80. The van der Waals surface area contributed by atoms with Gasteiger partial charge in [0, 0.05) is 46.3 Å². The zero-order chi connectivity index (χ0) is 11.8. The second-order valence-corrected chi connectivity index (χ2v) is 5.21. The molecule has 2 aliphatic rings. The summed E-state index contributed by atoms with van der Waals surface area (Å²) < 4.78 is 0. The minimum atomic E-state index is 0.799. The lowest BCUT2D eigenvalue weighted by molar-refractivity contribution is 0.533. The van der Waals surface area contributed by atoms with Crippen LogP contribution in [-0.2, 0) is 0 Å². The summed E-state index contributed by atoms with van der Waals surface area (Å²) in [4.78, 5) is 13.1. The van der Waals surface area contributed by atoms with Gasteiger partial charge < -0.3 is 15.1 Å². The molecule has 2 atom stereocenters. The molecule has 92 valence electrons. The third-order valence-corrected chi connectivity index (χ3v) is 3.81. The SMILES string of the molecule is CN(C)c1cc(N2CC3CNCC3C2)ncn1. The highest BCUT2D eigenvalue weighted by atomic mass is 15.2. The van der Waals surface area contributed by atoms with Crippen molar-refractivity contribution in [2.45, 2.75) is 0 Å². The van der Waals surface area contributed by atoms with E-state index in [1.165, 1.54) is 0 Å². The first-order valence-corrected chi connectivity index (χ1v) is 6.19. The van der Waals surface area contributed by atoms with Crippen molar-refractivity contribution in [2.75, 3.05) is 50.1 Å². The van der Waals surface area contributed by atoms with Crippen LogP contribution in [0.25, 0.3) is 0 Å². The molecule has 5 heteroatoms. The van der Waals surface area contributed by atoms with Crippen LogP contribution in [0.3, 0.4) is 0 Å². The van der Waals surface area contributed by atoms with Crippen LogP contribution in [0.5, 0.6) is 0 Å². The van der Waals surface area contributed by atoms with Gasteiger partial charge in [-0.2, -0.15) is 0 Å². The molecule has 0 amide bonds. The zero-order valence-corrected chi connectivity index (χ0v) is 10.4. The molecule has 17 heavy (non-hydrogen) atoms. The fraction of sp³-hybridized carbons (Fsp3) is 0.667. The van der Waals surface area contributed by atoms with Crippen LogP contribution >= 0.6 is 0 Å². The van der Waals surface area contributed by atoms with Gasteiger partial charge in [0.2, 0.25) is 0 Å². The van der Waals surface area contributed by atoms with Crippen molar-refractivity contribution in [3.8, 4) is 0 Å². The number of hydrogen-bond donors (Lipinski definition) is 1. The van der Waals surface area contributed by atoms with Crippen molar-refractivity contribution in [3.05, 3.63) is 12.4 Å². The van der Waals surface area contributed by atoms with Crippen LogP contribution in [0.1, 0.15) is 0 Å². The molecule has 5 nitrogen and oxygen atoms in total. The van der Waals surface area contributed by atoms with E-state index in [4.69, 9.17) is 0 Å². The molecule has 2 saturated heterocycles. The van der Waals surface area contributed by atoms with Crippen molar-refractivity contribution < 1.29 is 0 Å². The van der Waals surface area contributed by atoms with Gasteiger partial charge in [0.25, 0.3) is 0 Å². The second-order valence-electron chi connectivity index (χ2n) is 5.21. The predicted octanol–water partition coefficient (Wildman–Crippen LogP) is 0.198. The summed E-state index contributed by atoms with van der Waals surface area (Å²) in [6.07, 6.45) is 1.66. The molecule has 1 aromatic heterocycles. The standard InChI is InChI=1S/C12H19N5/c1-16(2)11-3-12(15-8-14-11)17-6-9-4-13-5-10(9)7-17/h3,8-10,13H,4-7H2,1-2H3. The summed E-state index contributed by atoms with van der Waals surface area (Å²) in [6.45, 7) is 4.57. The summed E-state index contributed by atoms with van der Waals surface area (Å²) in [7, 11) is 4.02. The molecule has 3 heterocycles. The predicted molar refractivity (Wildman–Crippen MR) is 68.4 cm³/mol. The minimum Gasteiger partial charge on any atom is -0.363 e. The Morgan fingerprint density at radius 1 is 1.24 bits per heavy atom. The molecule has 2 aliphatic heterocycles. The number of hydrogen-bond acceptors (Lipinski definition) is 5. The number of rotatable bonds is 2. The molecule has 2 unspecified atom stereocenters. The van der Waals surface area contributed by atoms with E-state index in [1.54, 1.807) is 6.33 Å². The summed E-state index contributed by atoms with van der Waals surface area (Å²) in [5.74, 6) is 3.64. The first kappa shape index (κ1) is 10.8. The lowest BCUT2D eigenvalue weighted by atomic mass is 10.0. The number of fused-ring (bicyclic) bond motifs is 1. The minimum absolute atomic E-state index is 0.799. The van der Waals surface area contributed by atoms with Crippen LogP contribution in [0, 0.1) is 11.8 Å². The van der Waals surface area contributed by atoms with Gasteiger partial charge in [-0.1, -0.05) is 0 Å². The summed E-state index contributed by atoms with van der Waals surface area (Å²) in [6, 6.07) is 2.08. The largest absolute Gasteiger partial charge is 0.363 e. The van der Waals surface area contributed by atoms with E-state index in [9.17, 15) is 0 Å². The topological polar surface area (TPSA) is 44.3 Å². The highest BCUT2D eigenvalue weighted by molar-refractivity contribution is 5.50. The summed E-state index contributed by atoms with van der Waals surface area (Å²) in [5.41, 5.74) is 0. The highest BCUT2D eigenvalue weighted by Crippen LogP contribution is 2.30. The monoisotopic (exact) mass is 233 g/mol. The van der Waals surface area contributed by atoms with E-state index in [0.717, 1.165) is 49.7 Å². The Balaban J connectivity index is 1.78. The summed E-state index contributed by atoms with van der Waals surface area (Å²) >= 11 is 0. The molecule has 0 spiro atoms. The van der Waals surface area contributed by atoms with Crippen LogP contribution in [0.4, 0.5) is 11.6 Å². The number of nitrogens with zero attached hydrogens (tertiary/aromatic N) is 4. The van der Waals surface area contributed by atoms with Crippen molar-refractivity contribution >= 4 is 11.6 Å². The van der Waals surface area contributed by atoms with E-state index in [1.807, 2.05) is 19.0 Å². The third-order valence-electron chi connectivity index (χ3n) is 3.81. The molecular weight excluding hydrogens is 214 g/mol. The number of aromatic nitrogens is 2. The van der Waals surface area contributed by atoms with Gasteiger partial charge in [-0.05, 0) is 11.8 Å². The maximum absolute atomic E-state index is 4.40. The quantitative estimate of drug-likeness (QED) is 0.790. The van der Waals surface area contributed by atoms with Gasteiger partial charge in [-0.3, -0.25) is 0 Å². The maximum Gasteiger partial charge on any atom is 0.134 e. The highest BCUT2D eigenvalue weighted by Gasteiger charge is 2.36. The van der Waals surface area contributed by atoms with E-state index in [2.05, 4.69) is 26.3 Å². The van der Waals surface area contributed by atoms with Crippen molar-refractivity contribution in [1.82, 2.24) is 15.3 Å². The van der Waals surface area contributed by atoms with E-state index in [0.29, 0.717) is 0 Å². The van der Waals surface area contributed by atoms with Gasteiger partial charge in [-0.15, -0.1) is 0 Å². The van der Waals surface area contributed by atoms with Gasteiger partial charge in [0.1, 0.15) is 18.0 Å². The van der Waals surface area contributed by atoms with E-state index in [-0.39, 0.29) is 0 Å². The molecule has 0 aliphatic carbocycles. The molecule has 0 radical (unpaired) electrons. The van der Waals surface area contributed by atoms with Crippen LogP contribution in [0.2, 0.25) is 0 Å². The molecule has 1 N–H and O–H groups in total. The Kier molecular flexibility index (Phi) is 2.63. The average molecular weight is 233 g/mol. The van der Waals surface area contributed by atoms with E-state index < -0.39 is 0 Å². The normalized spacial score (nSPS) is 27.3. The number of anilines is 2. The van der Waals surface area contributed by atoms with Crippen molar-refractivity contribution in [1.29, 1.82) is 0 Å². The molecule has 2 fully saturated rings. The summed E-state index contributed by atoms with van der Waals surface area (Å²) in [5, 5.41) is 3.46. The van der Waals surface area contributed by atoms with Gasteiger partial charge >= 0.3 is 0 Å². The van der Waals surface area contributed by atoms with Gasteiger partial charge in [0.05, 0.1) is 0 Å². The van der Waals surface area contributed by atoms with Crippen molar-refractivity contribution in [2.24, 2.45) is 11.8 Å². The van der Waals surface area contributed by atoms with Crippen LogP contribution < -0.4 is 15.1 Å². The van der Waals surface area contributed by atoms with Gasteiger partial charge in [0.15, 0.2) is 0 Å². The average Bonchev–Trinajstić information content (AvgIpc) is 2.89. The Bertz CT molecular complexity index is 394. The molecule has 3 rings (SSSR count). The van der Waals surface area contributed by atoms with Gasteiger partial charge in [-0.25, -0.2) is 9.97 Å². The Labute approximate surface area is 102 Å². The smallest absolute Gasteiger partial charge is 0.134 e. The molecule has 0 aromatic carbocycles.